The number of ether oxygens (including phenoxy) is 1. The molecule has 2 unspecified atom stereocenters. The van der Waals surface area contributed by atoms with Gasteiger partial charge in [0.15, 0.2) is 0 Å². The minimum atomic E-state index is -0.0962. The third-order valence-corrected chi connectivity index (χ3v) is 3.90. The molecule has 4 heteroatoms. The highest BCUT2D eigenvalue weighted by molar-refractivity contribution is 5.69. The molecule has 2 fully saturated rings. The topological polar surface area (TPSA) is 32.8 Å². The lowest BCUT2D eigenvalue weighted by atomic mass is 10.1. The Kier molecular flexibility index (Phi) is 3.82. The normalized spacial score (nSPS) is 31.4. The summed E-state index contributed by atoms with van der Waals surface area (Å²) in [6.45, 7) is 6.65. The first-order valence-electron chi connectivity index (χ1n) is 6.25. The Labute approximate surface area is 97.5 Å². The predicted molar refractivity (Wildman–Crippen MR) is 62.3 cm³/mol. The maximum Gasteiger partial charge on any atom is 0.306 e. The number of nitrogens with zero attached hydrogens (tertiary/aromatic N) is 2. The van der Waals surface area contributed by atoms with Crippen LogP contribution in [0.1, 0.15) is 26.2 Å². The Bertz CT molecular complexity index is 257. The van der Waals surface area contributed by atoms with Gasteiger partial charge in [-0.2, -0.15) is 0 Å². The molecule has 0 radical (unpaired) electrons. The third kappa shape index (κ3) is 2.55. The highest BCUT2D eigenvalue weighted by Gasteiger charge is 2.34. The van der Waals surface area contributed by atoms with Crippen molar-refractivity contribution in [1.29, 1.82) is 0 Å². The van der Waals surface area contributed by atoms with Crippen LogP contribution in [0.25, 0.3) is 0 Å². The highest BCUT2D eigenvalue weighted by Crippen LogP contribution is 2.24. The number of hydrogen-bond acceptors (Lipinski definition) is 4. The van der Waals surface area contributed by atoms with Crippen LogP contribution in [-0.2, 0) is 9.53 Å². The molecular formula is C12H22N2O2. The average Bonchev–Trinajstić information content (AvgIpc) is 2.72. The Balaban J connectivity index is 1.82. The van der Waals surface area contributed by atoms with Gasteiger partial charge in [-0.15, -0.1) is 0 Å². The van der Waals surface area contributed by atoms with Gasteiger partial charge in [-0.05, 0) is 26.3 Å². The third-order valence-electron chi connectivity index (χ3n) is 3.90. The molecule has 0 N–H and O–H groups in total. The minimum Gasteiger partial charge on any atom is -0.469 e. The fourth-order valence-corrected chi connectivity index (χ4v) is 2.90. The zero-order valence-corrected chi connectivity index (χ0v) is 10.3. The quantitative estimate of drug-likeness (QED) is 0.664. The van der Waals surface area contributed by atoms with Gasteiger partial charge >= 0.3 is 5.97 Å². The van der Waals surface area contributed by atoms with E-state index in [0.29, 0.717) is 12.5 Å². The van der Waals surface area contributed by atoms with E-state index in [-0.39, 0.29) is 5.97 Å². The molecule has 0 aromatic rings. The van der Waals surface area contributed by atoms with Gasteiger partial charge in [0.05, 0.1) is 13.5 Å². The van der Waals surface area contributed by atoms with Crippen molar-refractivity contribution < 1.29 is 9.53 Å². The van der Waals surface area contributed by atoms with Crippen molar-refractivity contribution in [2.24, 2.45) is 0 Å². The SMILES string of the molecule is COC(=O)CCN1CC2CCCN2CC1C. The molecule has 16 heavy (non-hydrogen) atoms. The molecule has 0 aliphatic carbocycles. The molecule has 2 saturated heterocycles. The molecule has 0 bridgehead atoms. The molecule has 0 saturated carbocycles. The van der Waals surface area contributed by atoms with Crippen LogP contribution in [0.4, 0.5) is 0 Å². The van der Waals surface area contributed by atoms with Gasteiger partial charge in [-0.25, -0.2) is 0 Å². The molecule has 92 valence electrons. The van der Waals surface area contributed by atoms with Crippen molar-refractivity contribution in [3.63, 3.8) is 0 Å². The summed E-state index contributed by atoms with van der Waals surface area (Å²) in [5.41, 5.74) is 0. The molecule has 2 heterocycles. The Hall–Kier alpha value is -0.610. The van der Waals surface area contributed by atoms with E-state index in [1.165, 1.54) is 26.5 Å². The van der Waals surface area contributed by atoms with Crippen molar-refractivity contribution in [2.45, 2.75) is 38.3 Å². The number of carbonyl (C=O) groups excluding carboxylic acids is 1. The van der Waals surface area contributed by atoms with E-state index in [0.717, 1.165) is 25.7 Å². The zero-order chi connectivity index (χ0) is 11.5. The monoisotopic (exact) mass is 226 g/mol. The fourth-order valence-electron chi connectivity index (χ4n) is 2.90. The summed E-state index contributed by atoms with van der Waals surface area (Å²) in [7, 11) is 1.46. The van der Waals surface area contributed by atoms with E-state index in [2.05, 4.69) is 21.5 Å². The molecule has 2 aliphatic heterocycles. The van der Waals surface area contributed by atoms with Gasteiger partial charge in [0.25, 0.3) is 0 Å². The first-order valence-corrected chi connectivity index (χ1v) is 6.25. The fraction of sp³-hybridized carbons (Fsp3) is 0.917. The first-order chi connectivity index (χ1) is 7.70. The van der Waals surface area contributed by atoms with Crippen molar-refractivity contribution in [3.8, 4) is 0 Å². The Morgan fingerprint density at radius 3 is 3.00 bits per heavy atom. The number of esters is 1. The van der Waals surface area contributed by atoms with Gasteiger partial charge in [-0.3, -0.25) is 14.6 Å². The molecule has 0 amide bonds. The van der Waals surface area contributed by atoms with Gasteiger partial charge < -0.3 is 4.74 Å². The van der Waals surface area contributed by atoms with Gasteiger partial charge in [0.2, 0.25) is 0 Å². The van der Waals surface area contributed by atoms with Crippen LogP contribution in [0.3, 0.4) is 0 Å². The number of rotatable bonds is 3. The smallest absolute Gasteiger partial charge is 0.306 e. The van der Waals surface area contributed by atoms with Gasteiger partial charge in [0.1, 0.15) is 0 Å². The second-order valence-electron chi connectivity index (χ2n) is 4.96. The van der Waals surface area contributed by atoms with Crippen molar-refractivity contribution in [3.05, 3.63) is 0 Å². The lowest BCUT2D eigenvalue weighted by Gasteiger charge is -2.42. The second kappa shape index (κ2) is 5.15. The molecule has 2 aliphatic rings. The summed E-state index contributed by atoms with van der Waals surface area (Å²) < 4.78 is 4.69. The Morgan fingerprint density at radius 1 is 1.44 bits per heavy atom. The van der Waals surface area contributed by atoms with Crippen LogP contribution >= 0.6 is 0 Å². The van der Waals surface area contributed by atoms with Crippen LogP contribution in [-0.4, -0.2) is 61.1 Å². The molecule has 0 aromatic carbocycles. The van der Waals surface area contributed by atoms with Crippen LogP contribution < -0.4 is 0 Å². The van der Waals surface area contributed by atoms with E-state index >= 15 is 0 Å². The number of fused-ring (bicyclic) bond motifs is 1. The molecule has 4 nitrogen and oxygen atoms in total. The lowest BCUT2D eigenvalue weighted by Crippen LogP contribution is -2.55. The summed E-state index contributed by atoms with van der Waals surface area (Å²) in [4.78, 5) is 16.2. The molecule has 0 spiro atoms. The average molecular weight is 226 g/mol. The van der Waals surface area contributed by atoms with Crippen molar-refractivity contribution in [1.82, 2.24) is 9.80 Å². The molecule has 0 aromatic heterocycles. The second-order valence-corrected chi connectivity index (χ2v) is 4.96. The highest BCUT2D eigenvalue weighted by atomic mass is 16.5. The number of carbonyl (C=O) groups is 1. The minimum absolute atomic E-state index is 0.0962. The summed E-state index contributed by atoms with van der Waals surface area (Å²) in [5.74, 6) is -0.0962. The maximum absolute atomic E-state index is 11.1. The van der Waals surface area contributed by atoms with Gasteiger partial charge in [-0.1, -0.05) is 0 Å². The van der Waals surface area contributed by atoms with E-state index in [9.17, 15) is 4.79 Å². The predicted octanol–water partition coefficient (Wildman–Crippen LogP) is 0.718. The van der Waals surface area contributed by atoms with Crippen LogP contribution in [0.5, 0.6) is 0 Å². The first kappa shape index (κ1) is 11.9. The van der Waals surface area contributed by atoms with E-state index < -0.39 is 0 Å². The van der Waals surface area contributed by atoms with Gasteiger partial charge in [0, 0.05) is 31.7 Å². The zero-order valence-electron chi connectivity index (χ0n) is 10.3. The standard InChI is InChI=1S/C12H22N2O2/c1-10-8-14-6-3-4-11(14)9-13(10)7-5-12(15)16-2/h10-11H,3-9H2,1-2H3. The largest absolute Gasteiger partial charge is 0.469 e. The summed E-state index contributed by atoms with van der Waals surface area (Å²) in [6, 6.07) is 1.30. The van der Waals surface area contributed by atoms with Crippen LogP contribution in [0, 0.1) is 0 Å². The lowest BCUT2D eigenvalue weighted by molar-refractivity contribution is -0.141. The van der Waals surface area contributed by atoms with E-state index in [1.54, 1.807) is 0 Å². The van der Waals surface area contributed by atoms with Crippen molar-refractivity contribution in [2.75, 3.05) is 33.3 Å². The molecule has 2 atom stereocenters. The molecule has 2 rings (SSSR count). The van der Waals surface area contributed by atoms with E-state index in [4.69, 9.17) is 0 Å². The maximum atomic E-state index is 11.1. The number of methoxy groups -OCH3 is 1. The summed E-state index contributed by atoms with van der Waals surface area (Å²) in [5, 5.41) is 0. The van der Waals surface area contributed by atoms with E-state index in [1.807, 2.05) is 0 Å². The van der Waals surface area contributed by atoms with Crippen molar-refractivity contribution >= 4 is 5.97 Å². The summed E-state index contributed by atoms with van der Waals surface area (Å²) >= 11 is 0. The van der Waals surface area contributed by atoms with Crippen LogP contribution in [0.2, 0.25) is 0 Å². The molecular weight excluding hydrogens is 204 g/mol. The summed E-state index contributed by atoms with van der Waals surface area (Å²) in [6.07, 6.45) is 3.18. The number of piperazine rings is 1. The Morgan fingerprint density at radius 2 is 2.25 bits per heavy atom. The van der Waals surface area contributed by atoms with Crippen LogP contribution in [0.15, 0.2) is 0 Å². The number of hydrogen-bond donors (Lipinski definition) is 0.